The number of rotatable bonds is 6. The molecular weight excluding hydrogens is 218 g/mol. The van der Waals surface area contributed by atoms with Gasteiger partial charge in [0.25, 0.3) is 0 Å². The van der Waals surface area contributed by atoms with Crippen LogP contribution in [0.4, 0.5) is 0 Å². The lowest BCUT2D eigenvalue weighted by atomic mass is 9.99. The fourth-order valence-corrected chi connectivity index (χ4v) is 1.26. The molecule has 0 rings (SSSR count). The topological polar surface area (TPSA) is 66.4 Å². The number of nitrogens with one attached hydrogen (secondary N) is 1. The maximum atomic E-state index is 11.9. The number of allylic oxidation sites excluding steroid dienone is 1. The van der Waals surface area contributed by atoms with Crippen molar-refractivity contribution in [1.82, 2.24) is 5.32 Å². The smallest absolute Gasteiger partial charge is 0.308 e. The molecule has 0 aliphatic rings. The molecule has 17 heavy (non-hydrogen) atoms. The summed E-state index contributed by atoms with van der Waals surface area (Å²) in [6.45, 7) is 9.64. The number of carboxylic acid groups (broad SMARTS) is 1. The summed E-state index contributed by atoms with van der Waals surface area (Å²) in [4.78, 5) is 22.7. The summed E-state index contributed by atoms with van der Waals surface area (Å²) < 4.78 is 0. The van der Waals surface area contributed by atoms with Crippen LogP contribution in [-0.2, 0) is 9.59 Å². The van der Waals surface area contributed by atoms with Crippen LogP contribution in [0.1, 0.15) is 47.5 Å². The molecule has 98 valence electrons. The highest BCUT2D eigenvalue weighted by atomic mass is 16.4. The van der Waals surface area contributed by atoms with E-state index in [9.17, 15) is 9.59 Å². The Hall–Kier alpha value is -1.32. The molecule has 4 nitrogen and oxygen atoms in total. The number of carboxylic acids is 1. The highest BCUT2D eigenvalue weighted by Crippen LogP contribution is 2.12. The summed E-state index contributed by atoms with van der Waals surface area (Å²) >= 11 is 0. The third-order valence-electron chi connectivity index (χ3n) is 2.50. The second-order valence-corrected chi connectivity index (χ2v) is 5.20. The second kappa shape index (κ2) is 6.42. The summed E-state index contributed by atoms with van der Waals surface area (Å²) in [6.07, 6.45) is 2.26. The molecule has 0 bridgehead atoms. The Balaban J connectivity index is 4.83. The third-order valence-corrected chi connectivity index (χ3v) is 2.50. The van der Waals surface area contributed by atoms with Crippen molar-refractivity contribution in [3.8, 4) is 0 Å². The van der Waals surface area contributed by atoms with Crippen LogP contribution in [0.25, 0.3) is 0 Å². The summed E-state index contributed by atoms with van der Waals surface area (Å²) in [5, 5.41) is 11.6. The van der Waals surface area contributed by atoms with Crippen molar-refractivity contribution in [1.29, 1.82) is 0 Å². The van der Waals surface area contributed by atoms with Crippen LogP contribution in [-0.4, -0.2) is 22.5 Å². The summed E-state index contributed by atoms with van der Waals surface area (Å²) in [5.74, 6) is -1.12. The molecule has 0 atom stereocenters. The molecule has 0 saturated carbocycles. The predicted octanol–water partition coefficient (Wildman–Crippen LogP) is 2.35. The lowest BCUT2D eigenvalue weighted by Gasteiger charge is -2.25. The first-order valence-electron chi connectivity index (χ1n) is 5.93. The van der Waals surface area contributed by atoms with Gasteiger partial charge in [0.2, 0.25) is 5.91 Å². The van der Waals surface area contributed by atoms with E-state index in [0.717, 1.165) is 6.42 Å². The molecule has 1 amide bonds. The molecule has 0 aromatic heterocycles. The lowest BCUT2D eigenvalue weighted by molar-refractivity contribution is -0.137. The molecule has 0 aromatic rings. The van der Waals surface area contributed by atoms with Gasteiger partial charge in [-0.25, -0.2) is 0 Å². The zero-order valence-corrected chi connectivity index (χ0v) is 11.3. The monoisotopic (exact) mass is 241 g/mol. The van der Waals surface area contributed by atoms with Gasteiger partial charge in [-0.1, -0.05) is 26.8 Å². The van der Waals surface area contributed by atoms with Gasteiger partial charge < -0.3 is 10.4 Å². The van der Waals surface area contributed by atoms with E-state index in [1.807, 2.05) is 34.6 Å². The van der Waals surface area contributed by atoms with Gasteiger partial charge in [0.15, 0.2) is 0 Å². The zero-order chi connectivity index (χ0) is 13.6. The van der Waals surface area contributed by atoms with Crippen LogP contribution in [0, 0.1) is 5.92 Å². The molecule has 0 radical (unpaired) electrons. The molecule has 0 fully saturated rings. The number of carbonyl (C=O) groups is 2. The minimum Gasteiger partial charge on any atom is -0.481 e. The maximum absolute atomic E-state index is 11.9. The fraction of sp³-hybridized carbons (Fsp3) is 0.692. The van der Waals surface area contributed by atoms with Crippen LogP contribution in [0.5, 0.6) is 0 Å². The number of hydrogen-bond acceptors (Lipinski definition) is 2. The highest BCUT2D eigenvalue weighted by molar-refractivity contribution is 5.97. The molecule has 0 aliphatic carbocycles. The molecule has 0 aliphatic heterocycles. The van der Waals surface area contributed by atoms with Crippen molar-refractivity contribution in [2.24, 2.45) is 5.92 Å². The SMILES string of the molecule is CCC(C)(C)NC(=O)/C(=C/C(C)C)CC(=O)O. The normalized spacial score (nSPS) is 12.7. The van der Waals surface area contributed by atoms with E-state index in [2.05, 4.69) is 5.32 Å². The molecule has 4 heteroatoms. The van der Waals surface area contributed by atoms with Crippen molar-refractivity contribution in [3.63, 3.8) is 0 Å². The standard InChI is InChI=1S/C13H23NO3/c1-6-13(4,5)14-12(17)10(7-9(2)3)8-11(15)16/h7,9H,6,8H2,1-5H3,(H,14,17)(H,15,16)/b10-7+. The summed E-state index contributed by atoms with van der Waals surface area (Å²) in [6, 6.07) is 0. The number of aliphatic carboxylic acids is 1. The van der Waals surface area contributed by atoms with Gasteiger partial charge in [-0.05, 0) is 26.2 Å². The van der Waals surface area contributed by atoms with E-state index < -0.39 is 5.97 Å². The van der Waals surface area contributed by atoms with Crippen LogP contribution in [0.3, 0.4) is 0 Å². The van der Waals surface area contributed by atoms with E-state index in [-0.39, 0.29) is 23.8 Å². The minimum atomic E-state index is -0.985. The van der Waals surface area contributed by atoms with Crippen LogP contribution < -0.4 is 5.32 Å². The van der Waals surface area contributed by atoms with Crippen molar-refractivity contribution < 1.29 is 14.7 Å². The quantitative estimate of drug-likeness (QED) is 0.701. The Morgan fingerprint density at radius 2 is 1.88 bits per heavy atom. The zero-order valence-electron chi connectivity index (χ0n) is 11.3. The van der Waals surface area contributed by atoms with Gasteiger partial charge in [0, 0.05) is 11.1 Å². The van der Waals surface area contributed by atoms with Gasteiger partial charge in [-0.2, -0.15) is 0 Å². The largest absolute Gasteiger partial charge is 0.481 e. The van der Waals surface area contributed by atoms with Gasteiger partial charge >= 0.3 is 5.97 Å². The third kappa shape index (κ3) is 6.76. The Morgan fingerprint density at radius 1 is 1.35 bits per heavy atom. The van der Waals surface area contributed by atoms with Crippen molar-refractivity contribution in [3.05, 3.63) is 11.6 Å². The van der Waals surface area contributed by atoms with Gasteiger partial charge in [-0.3, -0.25) is 9.59 Å². The van der Waals surface area contributed by atoms with Crippen LogP contribution >= 0.6 is 0 Å². The second-order valence-electron chi connectivity index (χ2n) is 5.20. The number of amides is 1. The van der Waals surface area contributed by atoms with Gasteiger partial charge in [0.1, 0.15) is 0 Å². The average molecular weight is 241 g/mol. The van der Waals surface area contributed by atoms with E-state index in [1.165, 1.54) is 0 Å². The average Bonchev–Trinajstić information content (AvgIpc) is 2.14. The molecule has 0 unspecified atom stereocenters. The van der Waals surface area contributed by atoms with E-state index >= 15 is 0 Å². The fourth-order valence-electron chi connectivity index (χ4n) is 1.26. The lowest BCUT2D eigenvalue weighted by Crippen LogP contribution is -2.43. The van der Waals surface area contributed by atoms with Crippen molar-refractivity contribution in [2.45, 2.75) is 53.0 Å². The first-order chi connectivity index (χ1) is 7.68. The van der Waals surface area contributed by atoms with E-state index in [0.29, 0.717) is 5.57 Å². The Morgan fingerprint density at radius 3 is 2.24 bits per heavy atom. The van der Waals surface area contributed by atoms with Crippen LogP contribution in [0.2, 0.25) is 0 Å². The molecule has 0 saturated heterocycles. The molecule has 2 N–H and O–H groups in total. The maximum Gasteiger partial charge on any atom is 0.308 e. The Labute approximate surface area is 103 Å². The summed E-state index contributed by atoms with van der Waals surface area (Å²) in [7, 11) is 0. The molecule has 0 heterocycles. The molecular formula is C13H23NO3. The molecule has 0 spiro atoms. The summed E-state index contributed by atoms with van der Waals surface area (Å²) in [5.41, 5.74) is 0.0140. The first-order valence-corrected chi connectivity index (χ1v) is 5.93. The Bertz CT molecular complexity index is 317. The minimum absolute atomic E-state index is 0.153. The first kappa shape index (κ1) is 15.7. The van der Waals surface area contributed by atoms with Crippen molar-refractivity contribution in [2.75, 3.05) is 0 Å². The number of carbonyl (C=O) groups excluding carboxylic acids is 1. The van der Waals surface area contributed by atoms with E-state index in [4.69, 9.17) is 5.11 Å². The van der Waals surface area contributed by atoms with E-state index in [1.54, 1.807) is 6.08 Å². The predicted molar refractivity (Wildman–Crippen MR) is 67.7 cm³/mol. The van der Waals surface area contributed by atoms with Crippen LogP contribution in [0.15, 0.2) is 11.6 Å². The van der Waals surface area contributed by atoms with Gasteiger partial charge in [0.05, 0.1) is 6.42 Å². The van der Waals surface area contributed by atoms with Crippen molar-refractivity contribution >= 4 is 11.9 Å². The van der Waals surface area contributed by atoms with Gasteiger partial charge in [-0.15, -0.1) is 0 Å². The molecule has 0 aromatic carbocycles. The number of hydrogen-bond donors (Lipinski definition) is 2. The highest BCUT2D eigenvalue weighted by Gasteiger charge is 2.21. The Kier molecular flexibility index (Phi) is 5.93.